The minimum atomic E-state index is 0.0974. The Morgan fingerprint density at radius 3 is 1.77 bits per heavy atom. The molecule has 0 bridgehead atoms. The van der Waals surface area contributed by atoms with Crippen LogP contribution in [0.5, 0.6) is 0 Å². The molecule has 0 atom stereocenters. The van der Waals surface area contributed by atoms with Crippen molar-refractivity contribution in [1.82, 2.24) is 19.6 Å². The Bertz CT molecular complexity index is 346. The SMILES string of the molecule is CCN(CC)CCC(=O)N1CCN(C(=O)N(CC)CC)CC1. The first kappa shape index (κ1) is 18.7. The summed E-state index contributed by atoms with van der Waals surface area (Å²) in [5.41, 5.74) is 0. The minimum absolute atomic E-state index is 0.0974. The van der Waals surface area contributed by atoms with E-state index in [1.807, 2.05) is 28.5 Å². The zero-order chi connectivity index (χ0) is 16.5. The molecule has 0 saturated carbocycles. The van der Waals surface area contributed by atoms with Crippen molar-refractivity contribution in [3.63, 3.8) is 0 Å². The van der Waals surface area contributed by atoms with Gasteiger partial charge < -0.3 is 19.6 Å². The van der Waals surface area contributed by atoms with Crippen LogP contribution >= 0.6 is 0 Å². The molecule has 0 N–H and O–H groups in total. The summed E-state index contributed by atoms with van der Waals surface area (Å²) in [6.07, 6.45) is 0.575. The molecule has 0 aliphatic carbocycles. The first-order valence-electron chi connectivity index (χ1n) is 8.61. The van der Waals surface area contributed by atoms with Crippen molar-refractivity contribution >= 4 is 11.9 Å². The van der Waals surface area contributed by atoms with Gasteiger partial charge in [-0.2, -0.15) is 0 Å². The van der Waals surface area contributed by atoms with E-state index < -0.39 is 0 Å². The van der Waals surface area contributed by atoms with Gasteiger partial charge in [0.25, 0.3) is 0 Å². The fourth-order valence-electron chi connectivity index (χ4n) is 2.79. The largest absolute Gasteiger partial charge is 0.339 e. The molecule has 3 amide bonds. The molecule has 1 rings (SSSR count). The lowest BCUT2D eigenvalue weighted by Crippen LogP contribution is -2.54. The van der Waals surface area contributed by atoms with Gasteiger partial charge in [-0.25, -0.2) is 4.79 Å². The first-order chi connectivity index (χ1) is 10.6. The lowest BCUT2D eigenvalue weighted by atomic mass is 10.2. The molecule has 0 aromatic rings. The van der Waals surface area contributed by atoms with E-state index in [2.05, 4.69) is 18.7 Å². The first-order valence-corrected chi connectivity index (χ1v) is 8.61. The third kappa shape index (κ3) is 5.16. The summed E-state index contributed by atoms with van der Waals surface area (Å²) in [7, 11) is 0. The maximum Gasteiger partial charge on any atom is 0.320 e. The van der Waals surface area contributed by atoms with Crippen molar-refractivity contribution in [2.45, 2.75) is 34.1 Å². The highest BCUT2D eigenvalue weighted by molar-refractivity contribution is 5.78. The van der Waals surface area contributed by atoms with Crippen molar-refractivity contribution < 1.29 is 9.59 Å². The van der Waals surface area contributed by atoms with Gasteiger partial charge in [0.1, 0.15) is 0 Å². The van der Waals surface area contributed by atoms with Gasteiger partial charge in [-0.15, -0.1) is 0 Å². The summed E-state index contributed by atoms with van der Waals surface area (Å²) >= 11 is 0. The maximum atomic E-state index is 12.3. The molecular formula is C16H32N4O2. The highest BCUT2D eigenvalue weighted by Gasteiger charge is 2.26. The van der Waals surface area contributed by atoms with Crippen LogP contribution in [0.25, 0.3) is 0 Å². The van der Waals surface area contributed by atoms with Crippen molar-refractivity contribution in [2.24, 2.45) is 0 Å². The van der Waals surface area contributed by atoms with Crippen LogP contribution in [0.3, 0.4) is 0 Å². The van der Waals surface area contributed by atoms with E-state index in [1.165, 1.54) is 0 Å². The molecule has 1 aliphatic rings. The summed E-state index contributed by atoms with van der Waals surface area (Å²) in [5.74, 6) is 0.210. The summed E-state index contributed by atoms with van der Waals surface area (Å²) in [6.45, 7) is 15.1. The summed E-state index contributed by atoms with van der Waals surface area (Å²) in [6, 6.07) is 0.0974. The Morgan fingerprint density at radius 1 is 0.818 bits per heavy atom. The van der Waals surface area contributed by atoms with Gasteiger partial charge in [0, 0.05) is 52.2 Å². The fourth-order valence-corrected chi connectivity index (χ4v) is 2.79. The Kier molecular flexibility index (Phi) is 8.24. The van der Waals surface area contributed by atoms with Crippen molar-refractivity contribution in [3.8, 4) is 0 Å². The second-order valence-corrected chi connectivity index (χ2v) is 5.60. The number of amides is 3. The van der Waals surface area contributed by atoms with Gasteiger partial charge in [-0.1, -0.05) is 13.8 Å². The normalized spacial score (nSPS) is 15.3. The van der Waals surface area contributed by atoms with Crippen LogP contribution in [0.4, 0.5) is 4.79 Å². The molecule has 1 aliphatic heterocycles. The molecule has 128 valence electrons. The van der Waals surface area contributed by atoms with Crippen molar-refractivity contribution in [3.05, 3.63) is 0 Å². The molecular weight excluding hydrogens is 280 g/mol. The van der Waals surface area contributed by atoms with Gasteiger partial charge in [-0.3, -0.25) is 4.79 Å². The van der Waals surface area contributed by atoms with Gasteiger partial charge >= 0.3 is 6.03 Å². The van der Waals surface area contributed by atoms with Gasteiger partial charge in [0.2, 0.25) is 5.91 Å². The number of carbonyl (C=O) groups is 2. The Balaban J connectivity index is 2.38. The van der Waals surface area contributed by atoms with Crippen LogP contribution in [-0.2, 0) is 4.79 Å². The van der Waals surface area contributed by atoms with E-state index in [1.54, 1.807) is 0 Å². The number of carbonyl (C=O) groups excluding carboxylic acids is 2. The van der Waals surface area contributed by atoms with Crippen LogP contribution in [0, 0.1) is 0 Å². The van der Waals surface area contributed by atoms with E-state index >= 15 is 0 Å². The van der Waals surface area contributed by atoms with Crippen molar-refractivity contribution in [1.29, 1.82) is 0 Å². The van der Waals surface area contributed by atoms with Gasteiger partial charge in [0.15, 0.2) is 0 Å². The molecule has 22 heavy (non-hydrogen) atoms. The quantitative estimate of drug-likeness (QED) is 0.712. The van der Waals surface area contributed by atoms with Crippen molar-refractivity contribution in [2.75, 3.05) is 58.9 Å². The lowest BCUT2D eigenvalue weighted by Gasteiger charge is -2.37. The zero-order valence-corrected chi connectivity index (χ0v) is 14.7. The molecule has 1 saturated heterocycles. The molecule has 0 aromatic heterocycles. The zero-order valence-electron chi connectivity index (χ0n) is 14.7. The standard InChI is InChI=1S/C16H32N4O2/c1-5-17(6-2)10-9-15(21)19-11-13-20(14-12-19)16(22)18(7-3)8-4/h5-14H2,1-4H3. The maximum absolute atomic E-state index is 12.3. The van der Waals surface area contributed by atoms with Crippen LogP contribution in [0.1, 0.15) is 34.1 Å². The van der Waals surface area contributed by atoms with Crippen LogP contribution in [0.15, 0.2) is 0 Å². The van der Waals surface area contributed by atoms with Crippen LogP contribution < -0.4 is 0 Å². The fraction of sp³-hybridized carbons (Fsp3) is 0.875. The summed E-state index contributed by atoms with van der Waals surface area (Å²) in [4.78, 5) is 32.4. The van der Waals surface area contributed by atoms with Gasteiger partial charge in [-0.05, 0) is 26.9 Å². The van der Waals surface area contributed by atoms with E-state index in [9.17, 15) is 9.59 Å². The number of rotatable bonds is 7. The molecule has 6 nitrogen and oxygen atoms in total. The molecule has 0 unspecified atom stereocenters. The highest BCUT2D eigenvalue weighted by Crippen LogP contribution is 2.07. The third-order valence-electron chi connectivity index (χ3n) is 4.47. The predicted octanol–water partition coefficient (Wildman–Crippen LogP) is 1.32. The Labute approximate surface area is 135 Å². The smallest absolute Gasteiger partial charge is 0.320 e. The average molecular weight is 312 g/mol. The lowest BCUT2D eigenvalue weighted by molar-refractivity contribution is -0.133. The summed E-state index contributed by atoms with van der Waals surface area (Å²) < 4.78 is 0. The van der Waals surface area contributed by atoms with Gasteiger partial charge in [0.05, 0.1) is 0 Å². The highest BCUT2D eigenvalue weighted by atomic mass is 16.2. The molecule has 1 fully saturated rings. The number of hydrogen-bond donors (Lipinski definition) is 0. The monoisotopic (exact) mass is 312 g/mol. The van der Waals surface area contributed by atoms with E-state index in [-0.39, 0.29) is 11.9 Å². The summed E-state index contributed by atoms with van der Waals surface area (Å²) in [5, 5.41) is 0. The molecule has 0 radical (unpaired) electrons. The average Bonchev–Trinajstić information content (AvgIpc) is 2.56. The number of urea groups is 1. The second-order valence-electron chi connectivity index (χ2n) is 5.60. The number of piperazine rings is 1. The second kappa shape index (κ2) is 9.66. The Morgan fingerprint density at radius 2 is 1.32 bits per heavy atom. The number of hydrogen-bond acceptors (Lipinski definition) is 3. The Hall–Kier alpha value is -1.30. The topological polar surface area (TPSA) is 47.1 Å². The number of nitrogens with zero attached hydrogens (tertiary/aromatic N) is 4. The molecule has 0 spiro atoms. The van der Waals surface area contributed by atoms with E-state index in [0.717, 1.165) is 32.7 Å². The molecule has 1 heterocycles. The third-order valence-corrected chi connectivity index (χ3v) is 4.47. The molecule has 6 heteroatoms. The van der Waals surface area contributed by atoms with Crippen LogP contribution in [-0.4, -0.2) is 90.4 Å². The molecule has 0 aromatic carbocycles. The minimum Gasteiger partial charge on any atom is -0.339 e. The van der Waals surface area contributed by atoms with E-state index in [0.29, 0.717) is 32.6 Å². The van der Waals surface area contributed by atoms with Crippen LogP contribution in [0.2, 0.25) is 0 Å². The predicted molar refractivity (Wildman–Crippen MR) is 88.9 cm³/mol. The van der Waals surface area contributed by atoms with E-state index in [4.69, 9.17) is 0 Å².